The number of aromatic nitrogens is 2. The van der Waals surface area contributed by atoms with Gasteiger partial charge in [0.15, 0.2) is 0 Å². The molecule has 1 aromatic heterocycles. The minimum atomic E-state index is -3.88. The third-order valence-electron chi connectivity index (χ3n) is 6.94. The maximum absolute atomic E-state index is 13.3. The summed E-state index contributed by atoms with van der Waals surface area (Å²) in [7, 11) is -3.88. The van der Waals surface area contributed by atoms with E-state index in [1.54, 1.807) is 18.2 Å². The smallest absolute Gasteiger partial charge is 0.264 e. The zero-order valence-corrected chi connectivity index (χ0v) is 20.3. The number of ether oxygens (including phenoxy) is 1. The highest BCUT2D eigenvalue weighted by Gasteiger charge is 2.31. The Morgan fingerprint density at radius 1 is 0.914 bits per heavy atom. The summed E-state index contributed by atoms with van der Waals surface area (Å²) < 4.78 is 35.7. The van der Waals surface area contributed by atoms with E-state index in [1.807, 2.05) is 56.3 Å². The van der Waals surface area contributed by atoms with E-state index in [4.69, 9.17) is 4.74 Å². The number of aryl methyl sites for hydroxylation is 2. The summed E-state index contributed by atoms with van der Waals surface area (Å²) in [4.78, 5) is 9.29. The SMILES string of the molecule is Cc1cccc(C)c1-c1cc2nc(n1)NS(=O)(=O)c1cccc(c1)C1Cc3ccccc3C(C1)O2. The molecule has 1 aliphatic heterocycles. The number of rotatable bonds is 1. The van der Waals surface area contributed by atoms with Crippen LogP contribution in [0.4, 0.5) is 5.95 Å². The maximum Gasteiger partial charge on any atom is 0.264 e. The van der Waals surface area contributed by atoms with E-state index in [0.29, 0.717) is 11.6 Å². The van der Waals surface area contributed by atoms with Gasteiger partial charge in [0, 0.05) is 11.6 Å². The summed E-state index contributed by atoms with van der Waals surface area (Å²) >= 11 is 0. The van der Waals surface area contributed by atoms with Crippen molar-refractivity contribution in [1.29, 1.82) is 0 Å². The Labute approximate surface area is 205 Å². The minimum Gasteiger partial charge on any atom is -0.469 e. The molecule has 2 heterocycles. The Hall–Kier alpha value is -3.71. The van der Waals surface area contributed by atoms with Crippen LogP contribution in [0.3, 0.4) is 0 Å². The van der Waals surface area contributed by atoms with E-state index in [9.17, 15) is 8.42 Å². The van der Waals surface area contributed by atoms with Gasteiger partial charge in [-0.2, -0.15) is 4.98 Å². The molecule has 0 saturated carbocycles. The average Bonchev–Trinajstić information content (AvgIpc) is 2.83. The van der Waals surface area contributed by atoms with Gasteiger partial charge in [-0.05, 0) is 72.6 Å². The van der Waals surface area contributed by atoms with Crippen molar-refractivity contribution in [3.05, 3.63) is 101 Å². The molecule has 0 fully saturated rings. The van der Waals surface area contributed by atoms with Gasteiger partial charge in [0.25, 0.3) is 10.0 Å². The second-order valence-corrected chi connectivity index (χ2v) is 11.0. The van der Waals surface area contributed by atoms with Crippen LogP contribution in [0.15, 0.2) is 77.7 Å². The predicted octanol–water partition coefficient (Wildman–Crippen LogP) is 5.72. The molecular formula is C28H25N3O3S. The maximum atomic E-state index is 13.3. The quantitative estimate of drug-likeness (QED) is 0.374. The van der Waals surface area contributed by atoms with Gasteiger partial charge in [0.2, 0.25) is 11.8 Å². The molecule has 6 rings (SSSR count). The Morgan fingerprint density at radius 2 is 1.69 bits per heavy atom. The van der Waals surface area contributed by atoms with Crippen LogP contribution in [-0.2, 0) is 16.4 Å². The summed E-state index contributed by atoms with van der Waals surface area (Å²) in [6.07, 6.45) is 1.35. The van der Waals surface area contributed by atoms with Crippen LogP contribution in [-0.4, -0.2) is 18.4 Å². The number of hydrogen-bond donors (Lipinski definition) is 1. The van der Waals surface area contributed by atoms with Crippen molar-refractivity contribution in [2.24, 2.45) is 0 Å². The molecule has 2 atom stereocenters. The fourth-order valence-corrected chi connectivity index (χ4v) is 6.27. The fourth-order valence-electron chi connectivity index (χ4n) is 5.27. The van der Waals surface area contributed by atoms with E-state index >= 15 is 0 Å². The number of benzene rings is 3. The van der Waals surface area contributed by atoms with Crippen LogP contribution in [0.25, 0.3) is 11.3 Å². The molecule has 3 aromatic carbocycles. The zero-order chi connectivity index (χ0) is 24.2. The van der Waals surface area contributed by atoms with E-state index < -0.39 is 10.0 Å². The van der Waals surface area contributed by atoms with Crippen molar-refractivity contribution in [3.63, 3.8) is 0 Å². The highest BCUT2D eigenvalue weighted by atomic mass is 32.2. The number of fused-ring (bicyclic) bond motifs is 9. The highest BCUT2D eigenvalue weighted by molar-refractivity contribution is 7.92. The Kier molecular flexibility index (Phi) is 5.11. The number of nitrogens with zero attached hydrogens (tertiary/aromatic N) is 2. The molecule has 7 heteroatoms. The van der Waals surface area contributed by atoms with Crippen molar-refractivity contribution < 1.29 is 13.2 Å². The Bertz CT molecular complexity index is 1550. The summed E-state index contributed by atoms with van der Waals surface area (Å²) in [6, 6.07) is 23.3. The molecule has 176 valence electrons. The second-order valence-electron chi connectivity index (χ2n) is 9.30. The van der Waals surface area contributed by atoms with Gasteiger partial charge in [-0.15, -0.1) is 0 Å². The first kappa shape index (κ1) is 21.8. The molecule has 2 aliphatic rings. The third-order valence-corrected chi connectivity index (χ3v) is 8.26. The minimum absolute atomic E-state index is 0.00762. The molecule has 6 bridgehead atoms. The molecule has 6 nitrogen and oxygen atoms in total. The molecule has 35 heavy (non-hydrogen) atoms. The first-order valence-electron chi connectivity index (χ1n) is 11.7. The Balaban J connectivity index is 1.57. The number of nitrogens with one attached hydrogen (secondary N) is 1. The standard InChI is InChI=1S/C28H25N3O3S/c1-17-7-5-8-18(2)27(17)24-16-26-30-28(29-24)31-35(32,33)22-11-6-10-19(14-22)21-13-20-9-3-4-12-23(20)25(15-21)34-26/h3-12,14,16,21,25H,13,15H2,1-2H3,(H,29,30,31). The topological polar surface area (TPSA) is 81.2 Å². The molecule has 2 unspecified atom stereocenters. The van der Waals surface area contributed by atoms with Gasteiger partial charge in [0.1, 0.15) is 6.10 Å². The van der Waals surface area contributed by atoms with Crippen LogP contribution in [0, 0.1) is 13.8 Å². The molecule has 0 radical (unpaired) electrons. The summed E-state index contributed by atoms with van der Waals surface area (Å²) in [5, 5.41) is 0. The van der Waals surface area contributed by atoms with Crippen molar-refractivity contribution >= 4 is 16.0 Å². The molecule has 0 amide bonds. The molecular weight excluding hydrogens is 458 g/mol. The number of hydrogen-bond acceptors (Lipinski definition) is 5. The Morgan fingerprint density at radius 3 is 2.51 bits per heavy atom. The molecule has 1 N–H and O–H groups in total. The van der Waals surface area contributed by atoms with Gasteiger partial charge in [-0.3, -0.25) is 0 Å². The monoisotopic (exact) mass is 483 g/mol. The predicted molar refractivity (Wildman–Crippen MR) is 135 cm³/mol. The van der Waals surface area contributed by atoms with Crippen molar-refractivity contribution in [2.75, 3.05) is 4.72 Å². The van der Waals surface area contributed by atoms with Gasteiger partial charge in [-0.1, -0.05) is 54.6 Å². The highest BCUT2D eigenvalue weighted by Crippen LogP contribution is 2.42. The van der Waals surface area contributed by atoms with Crippen LogP contribution < -0.4 is 9.46 Å². The van der Waals surface area contributed by atoms with Crippen molar-refractivity contribution in [3.8, 4) is 17.1 Å². The fraction of sp³-hybridized carbons (Fsp3) is 0.214. The summed E-state index contributed by atoms with van der Waals surface area (Å²) in [5.41, 5.74) is 6.98. The van der Waals surface area contributed by atoms with Crippen LogP contribution in [0.2, 0.25) is 0 Å². The van der Waals surface area contributed by atoms with Crippen LogP contribution in [0.5, 0.6) is 5.88 Å². The van der Waals surface area contributed by atoms with Gasteiger partial charge in [0.05, 0.1) is 10.6 Å². The third kappa shape index (κ3) is 3.96. The second kappa shape index (κ2) is 8.20. The molecule has 4 aromatic rings. The van der Waals surface area contributed by atoms with Crippen LogP contribution >= 0.6 is 0 Å². The van der Waals surface area contributed by atoms with Crippen LogP contribution in [0.1, 0.15) is 46.3 Å². The van der Waals surface area contributed by atoms with Crippen molar-refractivity contribution in [2.45, 2.75) is 43.6 Å². The number of anilines is 1. The first-order chi connectivity index (χ1) is 16.9. The lowest BCUT2D eigenvalue weighted by Crippen LogP contribution is -2.23. The van der Waals surface area contributed by atoms with Crippen molar-refractivity contribution in [1.82, 2.24) is 9.97 Å². The van der Waals surface area contributed by atoms with Gasteiger partial charge >= 0.3 is 0 Å². The van der Waals surface area contributed by atoms with Gasteiger partial charge < -0.3 is 4.74 Å². The lowest BCUT2D eigenvalue weighted by atomic mass is 9.78. The lowest BCUT2D eigenvalue weighted by molar-refractivity contribution is 0.166. The summed E-state index contributed by atoms with van der Waals surface area (Å²) in [6.45, 7) is 4.03. The summed E-state index contributed by atoms with van der Waals surface area (Å²) in [5.74, 6) is 0.468. The largest absolute Gasteiger partial charge is 0.469 e. The van der Waals surface area contributed by atoms with E-state index in [2.05, 4.69) is 26.8 Å². The average molecular weight is 484 g/mol. The molecule has 1 aliphatic carbocycles. The van der Waals surface area contributed by atoms with E-state index in [-0.39, 0.29) is 22.9 Å². The first-order valence-corrected chi connectivity index (χ1v) is 13.2. The zero-order valence-electron chi connectivity index (χ0n) is 19.5. The van der Waals surface area contributed by atoms with E-state index in [1.165, 1.54) is 5.56 Å². The lowest BCUT2D eigenvalue weighted by Gasteiger charge is -2.32. The molecule has 0 spiro atoms. The normalized spacial score (nSPS) is 19.8. The number of sulfonamides is 1. The van der Waals surface area contributed by atoms with Gasteiger partial charge in [-0.25, -0.2) is 18.1 Å². The molecule has 0 saturated heterocycles. The van der Waals surface area contributed by atoms with E-state index in [0.717, 1.165) is 40.7 Å².